The fraction of sp³-hybridized carbons (Fsp3) is 0.824. The topological polar surface area (TPSA) is 95.7 Å². The molecule has 2 aliphatic carbocycles. The molecule has 1 aliphatic heterocycles. The summed E-state index contributed by atoms with van der Waals surface area (Å²) in [6.07, 6.45) is 7.38. The monoisotopic (exact) mass is 372 g/mol. The Morgan fingerprint density at radius 1 is 1.20 bits per heavy atom. The fourth-order valence-electron chi connectivity index (χ4n) is 4.58. The van der Waals surface area contributed by atoms with Gasteiger partial charge in [0.2, 0.25) is 5.91 Å². The third kappa shape index (κ3) is 3.49. The van der Waals surface area contributed by atoms with E-state index in [0.717, 1.165) is 43.4 Å². The van der Waals surface area contributed by atoms with E-state index in [2.05, 4.69) is 5.32 Å². The molecule has 0 aromatic heterocycles. The summed E-state index contributed by atoms with van der Waals surface area (Å²) in [7, 11) is 1.69. The van der Waals surface area contributed by atoms with E-state index in [0.29, 0.717) is 25.3 Å². The van der Waals surface area contributed by atoms with Crippen molar-refractivity contribution in [3.8, 4) is 0 Å². The maximum Gasteiger partial charge on any atom is 0.327 e. The van der Waals surface area contributed by atoms with Crippen LogP contribution in [0.25, 0.3) is 0 Å². The number of nitrogens with one attached hydrogen (secondary N) is 1. The average molecular weight is 373 g/mol. The van der Waals surface area contributed by atoms with E-state index in [1.54, 1.807) is 11.9 Å². The van der Waals surface area contributed by atoms with Gasteiger partial charge in [0.15, 0.2) is 0 Å². The second kappa shape index (κ2) is 7.91. The highest BCUT2D eigenvalue weighted by molar-refractivity contribution is 6.08. The molecular formula is C17H29ClN4O3. The third-order valence-corrected chi connectivity index (χ3v) is 6.09. The number of amides is 4. The van der Waals surface area contributed by atoms with Gasteiger partial charge in [-0.3, -0.25) is 14.5 Å². The van der Waals surface area contributed by atoms with Crippen LogP contribution < -0.4 is 11.1 Å². The Kier molecular flexibility index (Phi) is 6.32. The van der Waals surface area contributed by atoms with E-state index in [9.17, 15) is 14.4 Å². The molecule has 1 spiro atoms. The lowest BCUT2D eigenvalue weighted by atomic mass is 9.81. The lowest BCUT2D eigenvalue weighted by Gasteiger charge is -2.35. The predicted octanol–water partition coefficient (Wildman–Crippen LogP) is 1.25. The molecule has 0 aromatic carbocycles. The molecule has 1 heterocycles. The van der Waals surface area contributed by atoms with Crippen molar-refractivity contribution in [1.82, 2.24) is 15.1 Å². The number of carbonyl (C=O) groups is 3. The molecule has 2 saturated carbocycles. The Labute approximate surface area is 155 Å². The number of carbonyl (C=O) groups excluding carboxylic acids is 3. The van der Waals surface area contributed by atoms with Crippen molar-refractivity contribution < 1.29 is 14.4 Å². The van der Waals surface area contributed by atoms with Gasteiger partial charge in [-0.25, -0.2) is 4.79 Å². The quantitative estimate of drug-likeness (QED) is 0.726. The van der Waals surface area contributed by atoms with Gasteiger partial charge in [0.1, 0.15) is 12.1 Å². The zero-order valence-electron chi connectivity index (χ0n) is 14.8. The predicted molar refractivity (Wildman–Crippen MR) is 96.3 cm³/mol. The van der Waals surface area contributed by atoms with Crippen LogP contribution >= 0.6 is 12.4 Å². The van der Waals surface area contributed by atoms with Gasteiger partial charge in [-0.05, 0) is 38.1 Å². The van der Waals surface area contributed by atoms with Crippen molar-refractivity contribution in [2.45, 2.75) is 62.9 Å². The van der Waals surface area contributed by atoms with Gasteiger partial charge in [0, 0.05) is 13.1 Å². The van der Waals surface area contributed by atoms with Crippen LogP contribution in [0.4, 0.5) is 4.79 Å². The van der Waals surface area contributed by atoms with Crippen molar-refractivity contribution in [1.29, 1.82) is 0 Å². The number of nitrogens with two attached hydrogens (primary N) is 1. The maximum absolute atomic E-state index is 12.9. The van der Waals surface area contributed by atoms with E-state index in [1.165, 1.54) is 0 Å². The van der Waals surface area contributed by atoms with Gasteiger partial charge in [-0.2, -0.15) is 0 Å². The largest absolute Gasteiger partial charge is 0.351 e. The zero-order chi connectivity index (χ0) is 17.3. The Bertz CT molecular complexity index is 536. The van der Waals surface area contributed by atoms with Crippen LogP contribution in [0.5, 0.6) is 0 Å². The molecule has 3 N–H and O–H groups in total. The summed E-state index contributed by atoms with van der Waals surface area (Å²) in [6, 6.07) is -0.282. The van der Waals surface area contributed by atoms with Crippen LogP contribution in [0.15, 0.2) is 0 Å². The minimum atomic E-state index is -0.719. The number of urea groups is 1. The minimum absolute atomic E-state index is 0. The summed E-state index contributed by atoms with van der Waals surface area (Å²) >= 11 is 0. The summed E-state index contributed by atoms with van der Waals surface area (Å²) in [6.45, 7) is 0.371. The van der Waals surface area contributed by atoms with Crippen molar-refractivity contribution in [3.63, 3.8) is 0 Å². The van der Waals surface area contributed by atoms with Crippen LogP contribution in [0, 0.1) is 5.92 Å². The molecule has 3 aliphatic rings. The number of rotatable bonds is 4. The zero-order valence-corrected chi connectivity index (χ0v) is 15.6. The second-order valence-corrected chi connectivity index (χ2v) is 7.43. The van der Waals surface area contributed by atoms with Crippen LogP contribution in [0.3, 0.4) is 0 Å². The van der Waals surface area contributed by atoms with E-state index < -0.39 is 5.54 Å². The molecule has 0 bridgehead atoms. The van der Waals surface area contributed by atoms with Crippen LogP contribution in [0.1, 0.15) is 51.4 Å². The molecule has 8 heteroatoms. The Balaban J connectivity index is 0.00000225. The Hall–Kier alpha value is -1.34. The molecule has 0 radical (unpaired) electrons. The first-order valence-electron chi connectivity index (χ1n) is 9.09. The van der Waals surface area contributed by atoms with Crippen molar-refractivity contribution >= 4 is 30.3 Å². The number of likely N-dealkylation sites (N-methyl/N-ethyl adjacent to an activating group) is 1. The number of imide groups is 1. The van der Waals surface area contributed by atoms with Gasteiger partial charge in [-0.1, -0.05) is 25.7 Å². The normalized spacial score (nSPS) is 28.4. The standard InChI is InChI=1S/C17H28N4O3.ClH/c1-20-16(24)21(15(23)17(20)8-3-2-4-9-17)11-14(22)19-13-7-5-6-12(13)10-18;/h12-13H,2-11,18H2,1H3,(H,19,22);1H. The molecule has 2 unspecified atom stereocenters. The molecule has 7 nitrogen and oxygen atoms in total. The van der Waals surface area contributed by atoms with Gasteiger partial charge < -0.3 is 16.0 Å². The summed E-state index contributed by atoms with van der Waals surface area (Å²) < 4.78 is 0. The molecule has 0 aromatic rings. The van der Waals surface area contributed by atoms with Crippen LogP contribution in [-0.4, -0.2) is 59.4 Å². The van der Waals surface area contributed by atoms with Crippen molar-refractivity contribution in [2.75, 3.05) is 20.1 Å². The van der Waals surface area contributed by atoms with Crippen LogP contribution in [-0.2, 0) is 9.59 Å². The van der Waals surface area contributed by atoms with E-state index in [4.69, 9.17) is 5.73 Å². The first kappa shape index (κ1) is 20.0. The number of nitrogens with zero attached hydrogens (tertiary/aromatic N) is 2. The van der Waals surface area contributed by atoms with Crippen molar-refractivity contribution in [3.05, 3.63) is 0 Å². The van der Waals surface area contributed by atoms with E-state index >= 15 is 0 Å². The smallest absolute Gasteiger partial charge is 0.327 e. The summed E-state index contributed by atoms with van der Waals surface area (Å²) in [5.41, 5.74) is 5.02. The Morgan fingerprint density at radius 2 is 1.88 bits per heavy atom. The first-order valence-corrected chi connectivity index (χ1v) is 9.09. The van der Waals surface area contributed by atoms with Crippen LogP contribution in [0.2, 0.25) is 0 Å². The van der Waals surface area contributed by atoms with Gasteiger partial charge in [0.25, 0.3) is 5.91 Å². The SMILES string of the molecule is CN1C(=O)N(CC(=O)NC2CCCC2CN)C(=O)C12CCCCC2.Cl. The summed E-state index contributed by atoms with van der Waals surface area (Å²) in [5.74, 6) is -0.166. The highest BCUT2D eigenvalue weighted by Gasteiger charge is 2.55. The highest BCUT2D eigenvalue weighted by atomic mass is 35.5. The second-order valence-electron chi connectivity index (χ2n) is 7.43. The third-order valence-electron chi connectivity index (χ3n) is 6.09. The maximum atomic E-state index is 12.9. The first-order chi connectivity index (χ1) is 11.5. The lowest BCUT2D eigenvalue weighted by Crippen LogP contribution is -2.50. The van der Waals surface area contributed by atoms with Gasteiger partial charge >= 0.3 is 6.03 Å². The van der Waals surface area contributed by atoms with Gasteiger partial charge in [-0.15, -0.1) is 12.4 Å². The number of halogens is 1. The van der Waals surface area contributed by atoms with Gasteiger partial charge in [0.05, 0.1) is 0 Å². The molecule has 3 rings (SSSR count). The van der Waals surface area contributed by atoms with E-state index in [-0.39, 0.29) is 42.8 Å². The number of hydrogen-bond acceptors (Lipinski definition) is 4. The highest BCUT2D eigenvalue weighted by Crippen LogP contribution is 2.39. The fourth-order valence-corrected chi connectivity index (χ4v) is 4.58. The van der Waals surface area contributed by atoms with Crippen molar-refractivity contribution in [2.24, 2.45) is 11.7 Å². The molecule has 25 heavy (non-hydrogen) atoms. The Morgan fingerprint density at radius 3 is 2.52 bits per heavy atom. The average Bonchev–Trinajstić information content (AvgIpc) is 3.10. The molecular weight excluding hydrogens is 344 g/mol. The summed E-state index contributed by atoms with van der Waals surface area (Å²) in [4.78, 5) is 40.4. The lowest BCUT2D eigenvalue weighted by molar-refractivity contribution is -0.137. The van der Waals surface area contributed by atoms with E-state index in [1.807, 2.05) is 0 Å². The molecule has 1 saturated heterocycles. The summed E-state index contributed by atoms with van der Waals surface area (Å²) in [5, 5.41) is 2.97. The molecule has 4 amide bonds. The number of hydrogen-bond donors (Lipinski definition) is 2. The minimum Gasteiger partial charge on any atom is -0.351 e. The molecule has 2 atom stereocenters. The molecule has 3 fully saturated rings. The molecule has 142 valence electrons.